The van der Waals surface area contributed by atoms with Crippen molar-refractivity contribution in [1.29, 1.82) is 0 Å². The maximum absolute atomic E-state index is 5.43. The molecular formula is C14H20N2. The van der Waals surface area contributed by atoms with E-state index in [1.165, 1.54) is 25.1 Å². The molecule has 2 nitrogen and oxygen atoms in total. The van der Waals surface area contributed by atoms with Gasteiger partial charge in [0.25, 0.3) is 0 Å². The minimum absolute atomic E-state index is 0.649. The van der Waals surface area contributed by atoms with Gasteiger partial charge in [0.1, 0.15) is 0 Å². The lowest BCUT2D eigenvalue weighted by Gasteiger charge is -2.13. The van der Waals surface area contributed by atoms with E-state index in [1.54, 1.807) is 0 Å². The van der Waals surface area contributed by atoms with Crippen LogP contribution in [0.5, 0.6) is 0 Å². The molecule has 1 aromatic carbocycles. The summed E-state index contributed by atoms with van der Waals surface area (Å²) < 4.78 is 0. The number of nitrogens with two attached hydrogens (primary N) is 1. The first-order valence-electron chi connectivity index (χ1n) is 6.02. The first-order valence-corrected chi connectivity index (χ1v) is 6.02. The lowest BCUT2D eigenvalue weighted by molar-refractivity contribution is 0.371. The monoisotopic (exact) mass is 216 g/mol. The Morgan fingerprint density at radius 3 is 2.81 bits per heavy atom. The summed E-state index contributed by atoms with van der Waals surface area (Å²) in [6.07, 6.45) is 5.49. The molecular weight excluding hydrogens is 196 g/mol. The van der Waals surface area contributed by atoms with Gasteiger partial charge in [-0.2, -0.15) is 0 Å². The molecule has 2 rings (SSSR count). The van der Waals surface area contributed by atoms with Crippen LogP contribution in [0.3, 0.4) is 0 Å². The molecule has 1 atom stereocenters. The Kier molecular flexibility index (Phi) is 4.14. The fourth-order valence-corrected chi connectivity index (χ4v) is 2.32. The zero-order valence-corrected chi connectivity index (χ0v) is 9.68. The minimum Gasteiger partial charge on any atom is -0.327 e. The van der Waals surface area contributed by atoms with Gasteiger partial charge >= 0.3 is 0 Å². The van der Waals surface area contributed by atoms with Gasteiger partial charge in [-0.15, -0.1) is 0 Å². The standard InChI is InChI=1S/C14H20N2/c15-9-4-5-10-16-11-8-14(12-16)13-6-2-1-3-7-13/h1-7,14H,8-12,15H2. The summed E-state index contributed by atoms with van der Waals surface area (Å²) in [5.74, 6) is 0.715. The first-order chi connectivity index (χ1) is 7.90. The van der Waals surface area contributed by atoms with E-state index in [0.717, 1.165) is 6.54 Å². The Labute approximate surface area is 97.8 Å². The van der Waals surface area contributed by atoms with Gasteiger partial charge in [-0.1, -0.05) is 42.5 Å². The van der Waals surface area contributed by atoms with E-state index >= 15 is 0 Å². The van der Waals surface area contributed by atoms with Gasteiger partial charge in [-0.25, -0.2) is 0 Å². The Morgan fingerprint density at radius 2 is 2.06 bits per heavy atom. The summed E-state index contributed by atoms with van der Waals surface area (Å²) in [5.41, 5.74) is 6.91. The van der Waals surface area contributed by atoms with Gasteiger partial charge in [0.2, 0.25) is 0 Å². The summed E-state index contributed by atoms with van der Waals surface area (Å²) in [6, 6.07) is 10.8. The third-order valence-electron chi connectivity index (χ3n) is 3.21. The zero-order valence-electron chi connectivity index (χ0n) is 9.68. The minimum atomic E-state index is 0.649. The lowest BCUT2D eigenvalue weighted by atomic mass is 9.99. The van der Waals surface area contributed by atoms with E-state index in [0.29, 0.717) is 12.5 Å². The maximum atomic E-state index is 5.43. The van der Waals surface area contributed by atoms with Crippen molar-refractivity contribution in [2.45, 2.75) is 12.3 Å². The Balaban J connectivity index is 1.86. The molecule has 0 spiro atoms. The molecule has 0 bridgehead atoms. The summed E-state index contributed by atoms with van der Waals surface area (Å²) in [4.78, 5) is 2.49. The molecule has 2 N–H and O–H groups in total. The van der Waals surface area contributed by atoms with Crippen LogP contribution < -0.4 is 5.73 Å². The van der Waals surface area contributed by atoms with Gasteiger partial charge in [-0.3, -0.25) is 4.90 Å². The Morgan fingerprint density at radius 1 is 1.25 bits per heavy atom. The normalized spacial score (nSPS) is 21.9. The van der Waals surface area contributed by atoms with Crippen LogP contribution in [-0.2, 0) is 0 Å². The van der Waals surface area contributed by atoms with Gasteiger partial charge in [-0.05, 0) is 24.4 Å². The lowest BCUT2D eigenvalue weighted by Crippen LogP contribution is -2.20. The highest BCUT2D eigenvalue weighted by Crippen LogP contribution is 2.26. The van der Waals surface area contributed by atoms with Crippen molar-refractivity contribution in [3.05, 3.63) is 48.0 Å². The van der Waals surface area contributed by atoms with Crippen molar-refractivity contribution in [2.75, 3.05) is 26.2 Å². The maximum Gasteiger partial charge on any atom is 0.0163 e. The number of likely N-dealkylation sites (tertiary alicyclic amines) is 1. The SMILES string of the molecule is NCC=CCN1CCC(c2ccccc2)C1. The van der Waals surface area contributed by atoms with Crippen molar-refractivity contribution >= 4 is 0 Å². The molecule has 1 aromatic rings. The average Bonchev–Trinajstić information content (AvgIpc) is 2.79. The van der Waals surface area contributed by atoms with E-state index in [-0.39, 0.29) is 0 Å². The summed E-state index contributed by atoms with van der Waals surface area (Å²) in [7, 11) is 0. The second-order valence-corrected chi connectivity index (χ2v) is 4.36. The third kappa shape index (κ3) is 2.94. The van der Waals surface area contributed by atoms with Crippen molar-refractivity contribution in [3.63, 3.8) is 0 Å². The summed E-state index contributed by atoms with van der Waals surface area (Å²) in [5, 5.41) is 0. The van der Waals surface area contributed by atoms with Gasteiger partial charge in [0.05, 0.1) is 0 Å². The molecule has 16 heavy (non-hydrogen) atoms. The molecule has 0 aromatic heterocycles. The molecule has 86 valence electrons. The number of hydrogen-bond donors (Lipinski definition) is 1. The van der Waals surface area contributed by atoms with Crippen molar-refractivity contribution in [1.82, 2.24) is 4.90 Å². The first kappa shape index (κ1) is 11.4. The molecule has 1 fully saturated rings. The van der Waals surface area contributed by atoms with E-state index < -0.39 is 0 Å². The molecule has 2 heteroatoms. The quantitative estimate of drug-likeness (QED) is 0.780. The molecule has 1 saturated heterocycles. The van der Waals surface area contributed by atoms with Crippen LogP contribution in [0, 0.1) is 0 Å². The second-order valence-electron chi connectivity index (χ2n) is 4.36. The van der Waals surface area contributed by atoms with Crippen molar-refractivity contribution < 1.29 is 0 Å². The van der Waals surface area contributed by atoms with E-state index in [4.69, 9.17) is 5.73 Å². The zero-order chi connectivity index (χ0) is 11.2. The van der Waals surface area contributed by atoms with Crippen molar-refractivity contribution in [2.24, 2.45) is 5.73 Å². The van der Waals surface area contributed by atoms with Gasteiger partial charge in [0.15, 0.2) is 0 Å². The largest absolute Gasteiger partial charge is 0.327 e. The third-order valence-corrected chi connectivity index (χ3v) is 3.21. The molecule has 1 aliphatic heterocycles. The number of nitrogens with zero attached hydrogens (tertiary/aromatic N) is 1. The van der Waals surface area contributed by atoms with Crippen LogP contribution >= 0.6 is 0 Å². The van der Waals surface area contributed by atoms with Crippen LogP contribution in [-0.4, -0.2) is 31.1 Å². The van der Waals surface area contributed by atoms with E-state index in [9.17, 15) is 0 Å². The van der Waals surface area contributed by atoms with E-state index in [2.05, 4.69) is 41.3 Å². The topological polar surface area (TPSA) is 29.3 Å². The highest BCUT2D eigenvalue weighted by molar-refractivity contribution is 5.21. The predicted octanol–water partition coefficient (Wildman–Crippen LogP) is 1.99. The Hall–Kier alpha value is -1.12. The molecule has 1 aliphatic rings. The number of hydrogen-bond acceptors (Lipinski definition) is 2. The number of benzene rings is 1. The fraction of sp³-hybridized carbons (Fsp3) is 0.429. The summed E-state index contributed by atoms with van der Waals surface area (Å²) >= 11 is 0. The molecule has 0 amide bonds. The molecule has 1 heterocycles. The average molecular weight is 216 g/mol. The number of rotatable bonds is 4. The fourth-order valence-electron chi connectivity index (χ4n) is 2.32. The molecule has 0 saturated carbocycles. The van der Waals surface area contributed by atoms with Crippen LogP contribution in [0.15, 0.2) is 42.5 Å². The second kappa shape index (κ2) is 5.83. The summed E-state index contributed by atoms with van der Waals surface area (Å²) in [6.45, 7) is 4.07. The predicted molar refractivity (Wildman–Crippen MR) is 68.4 cm³/mol. The smallest absolute Gasteiger partial charge is 0.0163 e. The molecule has 0 aliphatic carbocycles. The van der Waals surface area contributed by atoms with E-state index in [1.807, 2.05) is 6.08 Å². The molecule has 1 unspecified atom stereocenters. The Bertz CT molecular complexity index is 332. The van der Waals surface area contributed by atoms with Crippen molar-refractivity contribution in [3.8, 4) is 0 Å². The van der Waals surface area contributed by atoms with Gasteiger partial charge < -0.3 is 5.73 Å². The highest BCUT2D eigenvalue weighted by Gasteiger charge is 2.22. The van der Waals surface area contributed by atoms with Crippen LogP contribution in [0.4, 0.5) is 0 Å². The van der Waals surface area contributed by atoms with Crippen LogP contribution in [0.2, 0.25) is 0 Å². The molecule has 0 radical (unpaired) electrons. The van der Waals surface area contributed by atoms with Crippen LogP contribution in [0.25, 0.3) is 0 Å². The highest BCUT2D eigenvalue weighted by atomic mass is 15.1. The van der Waals surface area contributed by atoms with Gasteiger partial charge in [0, 0.05) is 19.6 Å². The van der Waals surface area contributed by atoms with Crippen LogP contribution in [0.1, 0.15) is 17.9 Å².